The Labute approximate surface area is 239 Å². The minimum atomic E-state index is -0.369. The van der Waals surface area contributed by atoms with Crippen molar-refractivity contribution in [3.63, 3.8) is 0 Å². The number of fused-ring (bicyclic) bond motifs is 3. The number of rotatable bonds is 7. The van der Waals surface area contributed by atoms with Crippen molar-refractivity contribution >= 4 is 6.03 Å². The molecule has 0 fully saturated rings. The van der Waals surface area contributed by atoms with Crippen molar-refractivity contribution < 1.29 is 14.3 Å². The zero-order chi connectivity index (χ0) is 28.3. The zero-order valence-corrected chi connectivity index (χ0v) is 23.4. The van der Waals surface area contributed by atoms with Crippen LogP contribution in [0.2, 0.25) is 0 Å². The molecule has 2 aromatic heterocycles. The van der Waals surface area contributed by atoms with Crippen LogP contribution in [0.5, 0.6) is 11.5 Å². The zero-order valence-electron chi connectivity index (χ0n) is 23.4. The molecule has 0 bridgehead atoms. The van der Waals surface area contributed by atoms with Crippen molar-refractivity contribution in [2.45, 2.75) is 33.0 Å². The molecule has 0 saturated carbocycles. The van der Waals surface area contributed by atoms with E-state index in [2.05, 4.69) is 22.0 Å². The smallest absolute Gasteiger partial charge is 0.318 e. The van der Waals surface area contributed by atoms with Crippen LogP contribution in [0.15, 0.2) is 97.2 Å². The van der Waals surface area contributed by atoms with E-state index < -0.39 is 0 Å². The second-order valence-corrected chi connectivity index (χ2v) is 9.98. The minimum Gasteiger partial charge on any atom is -0.497 e. The van der Waals surface area contributed by atoms with Gasteiger partial charge in [0.05, 0.1) is 43.4 Å². The number of benzene rings is 3. The number of urea groups is 1. The number of methoxy groups -OCH3 is 1. The van der Waals surface area contributed by atoms with Gasteiger partial charge in [-0.15, -0.1) is 0 Å². The summed E-state index contributed by atoms with van der Waals surface area (Å²) in [5.74, 6) is 2.46. The van der Waals surface area contributed by atoms with Crippen molar-refractivity contribution in [3.8, 4) is 23.0 Å². The number of nitrogens with one attached hydrogen (secondary N) is 1. The van der Waals surface area contributed by atoms with Gasteiger partial charge in [-0.1, -0.05) is 42.5 Å². The lowest BCUT2D eigenvalue weighted by Crippen LogP contribution is -2.41. The fourth-order valence-corrected chi connectivity index (χ4v) is 5.50. The quantitative estimate of drug-likeness (QED) is 0.264. The van der Waals surface area contributed by atoms with Gasteiger partial charge in [-0.3, -0.25) is 0 Å². The van der Waals surface area contributed by atoms with Crippen molar-refractivity contribution in [1.82, 2.24) is 24.6 Å². The summed E-state index contributed by atoms with van der Waals surface area (Å²) in [6.45, 7) is 5.28. The summed E-state index contributed by atoms with van der Waals surface area (Å²) in [5, 5.41) is 8.09. The number of para-hydroxylation sites is 1. The van der Waals surface area contributed by atoms with Crippen molar-refractivity contribution in [1.29, 1.82) is 0 Å². The molecule has 1 atom stereocenters. The molecule has 208 valence electrons. The van der Waals surface area contributed by atoms with E-state index in [-0.39, 0.29) is 12.1 Å². The Morgan fingerprint density at radius 1 is 0.976 bits per heavy atom. The van der Waals surface area contributed by atoms with E-state index in [4.69, 9.17) is 14.6 Å². The Morgan fingerprint density at radius 2 is 1.78 bits per heavy atom. The van der Waals surface area contributed by atoms with Gasteiger partial charge >= 0.3 is 6.03 Å². The molecule has 0 saturated heterocycles. The molecule has 1 aliphatic heterocycles. The molecule has 3 aromatic carbocycles. The average Bonchev–Trinajstić information content (AvgIpc) is 3.57. The SMILES string of the molecule is CCOc1cccc([C@@H]2c3cccn3-c3c(c(C)nn3-c3ccccc3)CN2C(=O)NCc2cccc(OC)c2)c1. The number of carbonyl (C=O) groups is 1. The molecule has 8 nitrogen and oxygen atoms in total. The summed E-state index contributed by atoms with van der Waals surface area (Å²) in [4.78, 5) is 16.0. The number of carbonyl (C=O) groups excluding carboxylic acids is 1. The minimum absolute atomic E-state index is 0.174. The summed E-state index contributed by atoms with van der Waals surface area (Å²) >= 11 is 0. The predicted octanol–water partition coefficient (Wildman–Crippen LogP) is 6.19. The highest BCUT2D eigenvalue weighted by molar-refractivity contribution is 5.76. The molecule has 0 aliphatic carbocycles. The standard InChI is InChI=1S/C33H33N5O3/c1-4-41-28-16-9-12-25(20-28)31-30-17-10-18-36(30)32-29(23(2)35-38(32)26-13-6-5-7-14-26)22-37(31)33(39)34-21-24-11-8-15-27(19-24)40-3/h5-20,31H,4,21-22H2,1-3H3,(H,34,39)/t31-/m1/s1. The summed E-state index contributed by atoms with van der Waals surface area (Å²) in [6.07, 6.45) is 2.05. The molecular formula is C33H33N5O3. The lowest BCUT2D eigenvalue weighted by Gasteiger charge is -2.31. The highest BCUT2D eigenvalue weighted by atomic mass is 16.5. The summed E-state index contributed by atoms with van der Waals surface area (Å²) in [5.41, 5.74) is 5.71. The van der Waals surface area contributed by atoms with Gasteiger partial charge in [-0.05, 0) is 73.5 Å². The maximum Gasteiger partial charge on any atom is 0.318 e. The first kappa shape index (κ1) is 26.3. The van der Waals surface area contributed by atoms with Crippen molar-refractivity contribution in [2.75, 3.05) is 13.7 Å². The fraction of sp³-hybridized carbons (Fsp3) is 0.212. The third kappa shape index (κ3) is 5.04. The number of aromatic nitrogens is 3. The molecule has 0 spiro atoms. The Hall–Kier alpha value is -4.98. The van der Waals surface area contributed by atoms with Crippen LogP contribution in [-0.2, 0) is 13.1 Å². The van der Waals surface area contributed by atoms with Crippen LogP contribution < -0.4 is 14.8 Å². The predicted molar refractivity (Wildman–Crippen MR) is 158 cm³/mol. The van der Waals surface area contributed by atoms with E-state index in [1.807, 2.05) is 108 Å². The number of aryl methyl sites for hydroxylation is 1. The first-order chi connectivity index (χ1) is 20.1. The molecule has 1 N–H and O–H groups in total. The molecule has 6 rings (SSSR count). The number of ether oxygens (including phenoxy) is 2. The van der Waals surface area contributed by atoms with Gasteiger partial charge in [0.2, 0.25) is 0 Å². The molecule has 3 heterocycles. The molecule has 1 aliphatic rings. The van der Waals surface area contributed by atoms with Crippen LogP contribution in [0, 0.1) is 6.92 Å². The number of hydrogen-bond acceptors (Lipinski definition) is 4. The number of nitrogens with zero attached hydrogens (tertiary/aromatic N) is 4. The second kappa shape index (κ2) is 11.3. The molecule has 5 aromatic rings. The topological polar surface area (TPSA) is 73.5 Å². The second-order valence-electron chi connectivity index (χ2n) is 9.98. The van der Waals surface area contributed by atoms with Crippen molar-refractivity contribution in [2.24, 2.45) is 0 Å². The first-order valence-electron chi connectivity index (χ1n) is 13.8. The van der Waals surface area contributed by atoms with Crippen LogP contribution in [0.4, 0.5) is 4.79 Å². The maximum atomic E-state index is 14.1. The number of hydrogen-bond donors (Lipinski definition) is 1. The van der Waals surface area contributed by atoms with Crippen LogP contribution in [0.3, 0.4) is 0 Å². The van der Waals surface area contributed by atoms with Gasteiger partial charge in [0.1, 0.15) is 17.3 Å². The number of amides is 2. The van der Waals surface area contributed by atoms with Gasteiger partial charge in [0.15, 0.2) is 0 Å². The highest BCUT2D eigenvalue weighted by Crippen LogP contribution is 2.39. The molecule has 0 radical (unpaired) electrons. The molecule has 41 heavy (non-hydrogen) atoms. The lowest BCUT2D eigenvalue weighted by molar-refractivity contribution is 0.180. The van der Waals surface area contributed by atoms with Gasteiger partial charge in [0, 0.05) is 18.3 Å². The third-order valence-electron chi connectivity index (χ3n) is 7.41. The van der Waals surface area contributed by atoms with Crippen LogP contribution in [0.1, 0.15) is 41.0 Å². The summed E-state index contributed by atoms with van der Waals surface area (Å²) in [7, 11) is 1.64. The van der Waals surface area contributed by atoms with E-state index in [0.717, 1.165) is 51.1 Å². The van der Waals surface area contributed by atoms with E-state index >= 15 is 0 Å². The van der Waals surface area contributed by atoms with Gasteiger partial charge in [0.25, 0.3) is 0 Å². The molecular weight excluding hydrogens is 514 g/mol. The lowest BCUT2D eigenvalue weighted by atomic mass is 10.0. The molecule has 8 heteroatoms. The third-order valence-corrected chi connectivity index (χ3v) is 7.41. The Balaban J connectivity index is 1.46. The fourth-order valence-electron chi connectivity index (χ4n) is 5.50. The van der Waals surface area contributed by atoms with E-state index in [9.17, 15) is 4.79 Å². The Kier molecular flexibility index (Phi) is 7.20. The van der Waals surface area contributed by atoms with E-state index in [0.29, 0.717) is 19.7 Å². The summed E-state index contributed by atoms with van der Waals surface area (Å²) in [6, 6.07) is 29.4. The van der Waals surface area contributed by atoms with Gasteiger partial charge in [-0.25, -0.2) is 9.48 Å². The summed E-state index contributed by atoms with van der Waals surface area (Å²) < 4.78 is 15.4. The maximum absolute atomic E-state index is 14.1. The van der Waals surface area contributed by atoms with Crippen LogP contribution in [0.25, 0.3) is 11.5 Å². The Bertz CT molecular complexity index is 1670. The van der Waals surface area contributed by atoms with Gasteiger partial charge < -0.3 is 24.3 Å². The largest absolute Gasteiger partial charge is 0.497 e. The Morgan fingerprint density at radius 3 is 2.59 bits per heavy atom. The first-order valence-corrected chi connectivity index (χ1v) is 13.8. The van der Waals surface area contributed by atoms with Gasteiger partial charge in [-0.2, -0.15) is 5.10 Å². The van der Waals surface area contributed by atoms with E-state index in [1.165, 1.54) is 0 Å². The van der Waals surface area contributed by atoms with Crippen LogP contribution in [-0.4, -0.2) is 39.0 Å². The highest BCUT2D eigenvalue weighted by Gasteiger charge is 2.36. The molecule has 2 amide bonds. The van der Waals surface area contributed by atoms with Crippen LogP contribution >= 0.6 is 0 Å². The normalized spacial score (nSPS) is 14.1. The molecule has 0 unspecified atom stereocenters. The van der Waals surface area contributed by atoms with E-state index in [1.54, 1.807) is 7.11 Å². The monoisotopic (exact) mass is 547 g/mol. The average molecular weight is 548 g/mol. The van der Waals surface area contributed by atoms with Crippen molar-refractivity contribution in [3.05, 3.63) is 125 Å².